The number of carbonyl (C=O) groups is 1. The van der Waals surface area contributed by atoms with Crippen LogP contribution in [0.1, 0.15) is 43.7 Å². The molecule has 1 N–H and O–H groups in total. The van der Waals surface area contributed by atoms with Gasteiger partial charge in [-0.1, -0.05) is 42.6 Å². The van der Waals surface area contributed by atoms with Gasteiger partial charge in [0.05, 0.1) is 6.04 Å². The van der Waals surface area contributed by atoms with Crippen LogP contribution in [0.2, 0.25) is 5.02 Å². The van der Waals surface area contributed by atoms with Crippen LogP contribution in [0.4, 0.5) is 0 Å². The zero-order valence-electron chi connectivity index (χ0n) is 12.8. The number of carbonyl (C=O) groups excluding carboxylic acids is 1. The van der Waals surface area contributed by atoms with Gasteiger partial charge in [-0.15, -0.1) is 12.4 Å². The summed E-state index contributed by atoms with van der Waals surface area (Å²) in [5.41, 5.74) is 1.06. The van der Waals surface area contributed by atoms with Gasteiger partial charge in [-0.05, 0) is 30.4 Å². The summed E-state index contributed by atoms with van der Waals surface area (Å²) in [5, 5.41) is 4.14. The number of benzene rings is 1. The number of halogens is 2. The first kappa shape index (κ1) is 17.6. The monoisotopic (exact) mass is 342 g/mol. The number of hydrogen-bond donors (Lipinski definition) is 1. The van der Waals surface area contributed by atoms with E-state index in [1.807, 2.05) is 29.2 Å². The second kappa shape index (κ2) is 8.19. The molecule has 2 fully saturated rings. The molecule has 1 atom stereocenters. The van der Waals surface area contributed by atoms with Crippen molar-refractivity contribution in [3.8, 4) is 0 Å². The lowest BCUT2D eigenvalue weighted by molar-refractivity contribution is -0.135. The topological polar surface area (TPSA) is 32.3 Å². The molecule has 1 saturated heterocycles. The van der Waals surface area contributed by atoms with Crippen molar-refractivity contribution in [2.45, 2.75) is 38.1 Å². The molecule has 1 unspecified atom stereocenters. The van der Waals surface area contributed by atoms with Gasteiger partial charge in [-0.25, -0.2) is 0 Å². The molecule has 1 heterocycles. The van der Waals surface area contributed by atoms with Crippen LogP contribution in [0.3, 0.4) is 0 Å². The first-order valence-electron chi connectivity index (χ1n) is 8.00. The van der Waals surface area contributed by atoms with Gasteiger partial charge in [-0.2, -0.15) is 0 Å². The van der Waals surface area contributed by atoms with Crippen LogP contribution >= 0.6 is 24.0 Å². The summed E-state index contributed by atoms with van der Waals surface area (Å²) < 4.78 is 0. The first-order chi connectivity index (χ1) is 10.3. The maximum atomic E-state index is 12.7. The Morgan fingerprint density at radius 1 is 1.27 bits per heavy atom. The molecule has 1 aromatic rings. The largest absolute Gasteiger partial charge is 0.333 e. The fraction of sp³-hybridized carbons (Fsp3) is 0.588. The van der Waals surface area contributed by atoms with Gasteiger partial charge < -0.3 is 10.2 Å². The predicted octanol–water partition coefficient (Wildman–Crippen LogP) is 3.82. The summed E-state index contributed by atoms with van der Waals surface area (Å²) in [6.07, 6.45) is 5.71. The van der Waals surface area contributed by atoms with Gasteiger partial charge in [0.1, 0.15) is 0 Å². The van der Waals surface area contributed by atoms with Crippen LogP contribution in [0.15, 0.2) is 24.3 Å². The Labute approximate surface area is 143 Å². The van der Waals surface area contributed by atoms with Crippen LogP contribution in [0, 0.1) is 5.92 Å². The molecule has 1 saturated carbocycles. The highest BCUT2D eigenvalue weighted by molar-refractivity contribution is 6.31. The van der Waals surface area contributed by atoms with Crippen LogP contribution in [0.25, 0.3) is 0 Å². The third-order valence-corrected chi connectivity index (χ3v) is 5.11. The Morgan fingerprint density at radius 2 is 2.00 bits per heavy atom. The molecule has 1 aliphatic carbocycles. The minimum atomic E-state index is 0. The summed E-state index contributed by atoms with van der Waals surface area (Å²) >= 11 is 6.33. The molecule has 0 aromatic heterocycles. The Bertz CT molecular complexity index is 503. The van der Waals surface area contributed by atoms with Gasteiger partial charge in [0.25, 0.3) is 0 Å². The summed E-state index contributed by atoms with van der Waals surface area (Å²) in [6, 6.07) is 7.95. The predicted molar refractivity (Wildman–Crippen MR) is 92.6 cm³/mol. The van der Waals surface area contributed by atoms with E-state index >= 15 is 0 Å². The zero-order valence-corrected chi connectivity index (χ0v) is 14.3. The average Bonchev–Trinajstić information content (AvgIpc) is 3.01. The Morgan fingerprint density at radius 3 is 2.73 bits per heavy atom. The molecule has 0 radical (unpaired) electrons. The van der Waals surface area contributed by atoms with Gasteiger partial charge in [0, 0.05) is 31.1 Å². The summed E-state index contributed by atoms with van der Waals surface area (Å²) in [4.78, 5) is 14.7. The summed E-state index contributed by atoms with van der Waals surface area (Å²) in [6.45, 7) is 2.44. The van der Waals surface area contributed by atoms with Gasteiger partial charge in [-0.3, -0.25) is 4.79 Å². The Kier molecular flexibility index (Phi) is 6.54. The summed E-state index contributed by atoms with van der Waals surface area (Å²) in [7, 11) is 0. The van der Waals surface area contributed by atoms with E-state index in [1.54, 1.807) is 0 Å². The fourth-order valence-electron chi connectivity index (χ4n) is 3.60. The molecule has 22 heavy (non-hydrogen) atoms. The van der Waals surface area contributed by atoms with Crippen LogP contribution < -0.4 is 5.32 Å². The van der Waals surface area contributed by atoms with Crippen molar-refractivity contribution in [3.05, 3.63) is 34.9 Å². The third-order valence-electron chi connectivity index (χ3n) is 4.77. The lowest BCUT2D eigenvalue weighted by Crippen LogP contribution is -2.49. The molecule has 3 rings (SSSR count). The Hall–Kier alpha value is -0.770. The van der Waals surface area contributed by atoms with Gasteiger partial charge in [0.2, 0.25) is 5.91 Å². The highest BCUT2D eigenvalue weighted by atomic mass is 35.5. The third kappa shape index (κ3) is 3.95. The van der Waals surface area contributed by atoms with Crippen molar-refractivity contribution in [2.75, 3.05) is 19.6 Å². The summed E-state index contributed by atoms with van der Waals surface area (Å²) in [5.74, 6) is 0.896. The van der Waals surface area contributed by atoms with E-state index in [1.165, 1.54) is 25.7 Å². The number of amides is 1. The lowest BCUT2D eigenvalue weighted by atomic mass is 9.99. The SMILES string of the molecule is Cl.O=C(CC1CCCC1)N1CCNCC1c1ccccc1Cl. The smallest absolute Gasteiger partial charge is 0.223 e. The molecule has 0 spiro atoms. The van der Waals surface area contributed by atoms with Crippen LogP contribution in [-0.2, 0) is 4.79 Å². The lowest BCUT2D eigenvalue weighted by Gasteiger charge is -2.37. The molecular weight excluding hydrogens is 319 g/mol. The minimum absolute atomic E-state index is 0. The molecule has 0 bridgehead atoms. The average molecular weight is 343 g/mol. The number of nitrogens with zero attached hydrogens (tertiary/aromatic N) is 1. The zero-order chi connectivity index (χ0) is 14.7. The molecule has 122 valence electrons. The second-order valence-corrected chi connectivity index (χ2v) is 6.59. The highest BCUT2D eigenvalue weighted by Gasteiger charge is 2.30. The maximum Gasteiger partial charge on any atom is 0.223 e. The molecule has 2 aliphatic rings. The van der Waals surface area contributed by atoms with E-state index < -0.39 is 0 Å². The van der Waals surface area contributed by atoms with Crippen molar-refractivity contribution >= 4 is 29.9 Å². The van der Waals surface area contributed by atoms with Gasteiger partial charge in [0.15, 0.2) is 0 Å². The standard InChI is InChI=1S/C17H23ClN2O.ClH/c18-15-8-4-3-7-14(15)16-12-19-9-10-20(16)17(21)11-13-5-1-2-6-13;/h3-4,7-8,13,16,19H,1-2,5-6,9-12H2;1H. The normalized spacial score (nSPS) is 22.4. The van der Waals surface area contributed by atoms with Crippen LogP contribution in [-0.4, -0.2) is 30.4 Å². The number of rotatable bonds is 3. The maximum absolute atomic E-state index is 12.7. The van der Waals surface area contributed by atoms with Crippen molar-refractivity contribution in [1.82, 2.24) is 10.2 Å². The van der Waals surface area contributed by atoms with Gasteiger partial charge >= 0.3 is 0 Å². The van der Waals surface area contributed by atoms with Crippen molar-refractivity contribution in [2.24, 2.45) is 5.92 Å². The number of nitrogens with one attached hydrogen (secondary N) is 1. The minimum Gasteiger partial charge on any atom is -0.333 e. The van der Waals surface area contributed by atoms with Crippen molar-refractivity contribution < 1.29 is 4.79 Å². The molecule has 3 nitrogen and oxygen atoms in total. The van der Waals surface area contributed by atoms with E-state index in [2.05, 4.69) is 5.32 Å². The number of hydrogen-bond acceptors (Lipinski definition) is 2. The quantitative estimate of drug-likeness (QED) is 0.905. The fourth-order valence-corrected chi connectivity index (χ4v) is 3.87. The van der Waals surface area contributed by atoms with E-state index in [0.717, 1.165) is 30.2 Å². The molecular formula is C17H24Cl2N2O. The van der Waals surface area contributed by atoms with Crippen molar-refractivity contribution in [1.29, 1.82) is 0 Å². The molecule has 1 aliphatic heterocycles. The van der Waals surface area contributed by atoms with Crippen molar-refractivity contribution in [3.63, 3.8) is 0 Å². The number of piperazine rings is 1. The Balaban J connectivity index is 0.00000176. The van der Waals surface area contributed by atoms with E-state index in [-0.39, 0.29) is 18.4 Å². The highest BCUT2D eigenvalue weighted by Crippen LogP contribution is 2.32. The van der Waals surface area contributed by atoms with E-state index in [4.69, 9.17) is 11.6 Å². The molecule has 1 amide bonds. The van der Waals surface area contributed by atoms with E-state index in [0.29, 0.717) is 18.2 Å². The second-order valence-electron chi connectivity index (χ2n) is 6.18. The first-order valence-corrected chi connectivity index (χ1v) is 8.38. The molecule has 1 aromatic carbocycles. The molecule has 5 heteroatoms. The van der Waals surface area contributed by atoms with E-state index in [9.17, 15) is 4.79 Å². The van der Waals surface area contributed by atoms with Crippen LogP contribution in [0.5, 0.6) is 0 Å².